The Bertz CT molecular complexity index is 1240. The van der Waals surface area contributed by atoms with Crippen LogP contribution in [0.1, 0.15) is 41.0 Å². The number of anilines is 2. The quantitative estimate of drug-likeness (QED) is 0.247. The highest BCUT2D eigenvalue weighted by Crippen LogP contribution is 2.43. The highest BCUT2D eigenvalue weighted by Gasteiger charge is 2.56. The van der Waals surface area contributed by atoms with Gasteiger partial charge in [-0.25, -0.2) is 4.90 Å². The smallest absolute Gasteiger partial charge is 0.269 e. The molecule has 1 fully saturated rings. The first-order valence-corrected chi connectivity index (χ1v) is 12.8. The molecule has 1 N–H and O–H groups in total. The van der Waals surface area contributed by atoms with Gasteiger partial charge in [-0.2, -0.15) is 5.01 Å². The molecule has 1 unspecified atom stereocenters. The van der Waals surface area contributed by atoms with Gasteiger partial charge in [0.05, 0.1) is 34.4 Å². The maximum atomic E-state index is 13.9. The second-order valence-corrected chi connectivity index (χ2v) is 12.0. The summed E-state index contributed by atoms with van der Waals surface area (Å²) in [7, 11) is 1.75. The molecule has 0 bridgehead atoms. The molecule has 0 spiro atoms. The van der Waals surface area contributed by atoms with Gasteiger partial charge < -0.3 is 10.1 Å². The number of carbonyl (C=O) groups excluding carboxylic acids is 2. The number of rotatable bonds is 7. The van der Waals surface area contributed by atoms with Crippen molar-refractivity contribution in [2.24, 2.45) is 16.7 Å². The van der Waals surface area contributed by atoms with Gasteiger partial charge in [0, 0.05) is 19.2 Å². The van der Waals surface area contributed by atoms with Crippen molar-refractivity contribution < 1.29 is 19.6 Å². The highest BCUT2D eigenvalue weighted by atomic mass is 16.6. The molecule has 38 heavy (non-hydrogen) atoms. The first kappa shape index (κ1) is 27.5. The monoisotopic (exact) mass is 520 g/mol. The number of nitrogens with zero attached hydrogens (tertiary/aromatic N) is 4. The lowest BCUT2D eigenvalue weighted by Gasteiger charge is -2.49. The number of nitro groups is 1. The van der Waals surface area contributed by atoms with Crippen molar-refractivity contribution in [3.8, 4) is 0 Å². The molecule has 2 aliphatic rings. The van der Waals surface area contributed by atoms with Crippen LogP contribution in [0.4, 0.5) is 17.1 Å². The summed E-state index contributed by atoms with van der Waals surface area (Å²) >= 11 is 0. The topological polar surface area (TPSA) is 107 Å². The molecule has 2 amide bonds. The Kier molecular flexibility index (Phi) is 7.20. The standard InChI is InChI=1S/C29H36N4O5/c1-28(2,3)18-29(4,5)25(34)23-17-16-22-24(27(36)31(26(22)35)20-10-8-7-9-11-20)32(23)30(6)19-12-14-21(15-13-19)33(37)38/h7-17,22-25,34H,18H2,1-6H3/t22-,23?,24+,25+/m1/s1. The van der Waals surface area contributed by atoms with E-state index in [1.165, 1.54) is 17.0 Å². The lowest BCUT2D eigenvalue weighted by atomic mass is 9.70. The van der Waals surface area contributed by atoms with Crippen LogP contribution in [-0.2, 0) is 9.59 Å². The molecule has 0 aromatic heterocycles. The summed E-state index contributed by atoms with van der Waals surface area (Å²) in [5, 5.41) is 26.5. The SMILES string of the molecule is CN(c1ccc([N+](=O)[O-])cc1)N1C([C@H](O)C(C)(C)CC(C)(C)C)C=C[C@H]2C(=O)N(c3ccccc3)C(=O)[C@H]21. The Morgan fingerprint density at radius 3 is 2.13 bits per heavy atom. The van der Waals surface area contributed by atoms with Crippen molar-refractivity contribution in [1.82, 2.24) is 5.01 Å². The minimum atomic E-state index is -0.891. The van der Waals surface area contributed by atoms with Gasteiger partial charge in [0.25, 0.3) is 11.6 Å². The summed E-state index contributed by atoms with van der Waals surface area (Å²) in [6.07, 6.45) is 3.40. The van der Waals surface area contributed by atoms with Crippen molar-refractivity contribution in [3.63, 3.8) is 0 Å². The fraction of sp³-hybridized carbons (Fsp3) is 0.448. The number of fused-ring (bicyclic) bond motifs is 1. The molecule has 0 radical (unpaired) electrons. The third kappa shape index (κ3) is 5.08. The molecule has 2 heterocycles. The fourth-order valence-electron chi connectivity index (χ4n) is 5.98. The number of hydrogen-bond acceptors (Lipinski definition) is 7. The minimum Gasteiger partial charge on any atom is -0.391 e. The zero-order valence-corrected chi connectivity index (χ0v) is 22.7. The van der Waals surface area contributed by atoms with Crippen LogP contribution >= 0.6 is 0 Å². The van der Waals surface area contributed by atoms with Crippen LogP contribution in [-0.4, -0.2) is 52.1 Å². The van der Waals surface area contributed by atoms with Gasteiger partial charge in [0.2, 0.25) is 5.91 Å². The fourth-order valence-corrected chi connectivity index (χ4v) is 5.98. The van der Waals surface area contributed by atoms with Crippen LogP contribution < -0.4 is 9.91 Å². The predicted molar refractivity (Wildman–Crippen MR) is 146 cm³/mol. The Labute approximate surface area is 223 Å². The number of aliphatic hydroxyl groups excluding tert-OH is 1. The number of non-ortho nitro benzene ring substituents is 1. The van der Waals surface area contributed by atoms with Crippen LogP contribution in [0, 0.1) is 26.9 Å². The Balaban J connectivity index is 1.78. The number of hydrogen-bond donors (Lipinski definition) is 1. The van der Waals surface area contributed by atoms with Crippen LogP contribution in [0.3, 0.4) is 0 Å². The van der Waals surface area contributed by atoms with Crippen LogP contribution in [0.2, 0.25) is 0 Å². The van der Waals surface area contributed by atoms with Gasteiger partial charge in [-0.1, -0.05) is 65.0 Å². The zero-order valence-electron chi connectivity index (χ0n) is 22.7. The maximum absolute atomic E-state index is 13.9. The van der Waals surface area contributed by atoms with E-state index < -0.39 is 34.4 Å². The molecule has 9 nitrogen and oxygen atoms in total. The Morgan fingerprint density at radius 1 is 0.974 bits per heavy atom. The number of hydrazine groups is 1. The largest absolute Gasteiger partial charge is 0.391 e. The van der Waals surface area contributed by atoms with Crippen LogP contribution in [0.15, 0.2) is 66.7 Å². The minimum absolute atomic E-state index is 0.0518. The first-order valence-electron chi connectivity index (χ1n) is 12.8. The van der Waals surface area contributed by atoms with Gasteiger partial charge in [0.15, 0.2) is 0 Å². The van der Waals surface area contributed by atoms with Crippen molar-refractivity contribution in [1.29, 1.82) is 0 Å². The van der Waals surface area contributed by atoms with Gasteiger partial charge >= 0.3 is 0 Å². The van der Waals surface area contributed by atoms with E-state index in [0.717, 1.165) is 6.42 Å². The number of para-hydroxylation sites is 1. The van der Waals surface area contributed by atoms with E-state index in [4.69, 9.17) is 0 Å². The van der Waals surface area contributed by atoms with Gasteiger partial charge in [0.1, 0.15) is 6.04 Å². The molecule has 0 saturated carbocycles. The van der Waals surface area contributed by atoms with Crippen molar-refractivity contribution in [2.45, 2.75) is 59.2 Å². The van der Waals surface area contributed by atoms with Crippen molar-refractivity contribution in [2.75, 3.05) is 17.0 Å². The van der Waals surface area contributed by atoms with E-state index in [-0.39, 0.29) is 22.9 Å². The predicted octanol–water partition coefficient (Wildman–Crippen LogP) is 4.57. The molecule has 202 valence electrons. The molecule has 1 saturated heterocycles. The third-order valence-electron chi connectivity index (χ3n) is 7.33. The molecule has 0 aliphatic carbocycles. The summed E-state index contributed by atoms with van der Waals surface area (Å²) in [6.45, 7) is 10.4. The third-order valence-corrected chi connectivity index (χ3v) is 7.33. The number of carbonyl (C=O) groups is 2. The summed E-state index contributed by atoms with van der Waals surface area (Å²) in [5.41, 5.74) is 0.453. The second kappa shape index (κ2) is 9.96. The Hall–Kier alpha value is -3.56. The highest BCUT2D eigenvalue weighted by molar-refractivity contribution is 6.24. The number of nitro benzene ring substituents is 1. The van der Waals surface area contributed by atoms with E-state index in [2.05, 4.69) is 20.8 Å². The summed E-state index contributed by atoms with van der Waals surface area (Å²) < 4.78 is 0. The number of benzene rings is 2. The Morgan fingerprint density at radius 2 is 1.58 bits per heavy atom. The second-order valence-electron chi connectivity index (χ2n) is 12.0. The van der Waals surface area contributed by atoms with E-state index in [1.54, 1.807) is 59.5 Å². The molecule has 4 rings (SSSR count). The van der Waals surface area contributed by atoms with Gasteiger partial charge in [-0.05, 0) is 41.5 Å². The molecule has 9 heteroatoms. The molecule has 2 aliphatic heterocycles. The summed E-state index contributed by atoms with van der Waals surface area (Å²) in [4.78, 5) is 39.4. The van der Waals surface area contributed by atoms with E-state index in [1.807, 2.05) is 26.0 Å². The molecular weight excluding hydrogens is 484 g/mol. The molecular formula is C29H36N4O5. The molecule has 2 aromatic carbocycles. The lowest BCUT2D eigenvalue weighted by molar-refractivity contribution is -0.384. The lowest BCUT2D eigenvalue weighted by Crippen LogP contribution is -2.63. The number of amides is 2. The molecule has 2 aromatic rings. The van der Waals surface area contributed by atoms with E-state index >= 15 is 0 Å². The summed E-state index contributed by atoms with van der Waals surface area (Å²) in [6, 6.07) is 13.3. The normalized spacial score (nSPS) is 22.9. The number of imide groups is 1. The van der Waals surface area contributed by atoms with Crippen LogP contribution in [0.25, 0.3) is 0 Å². The van der Waals surface area contributed by atoms with Crippen LogP contribution in [0.5, 0.6) is 0 Å². The average Bonchev–Trinajstić information content (AvgIpc) is 3.11. The number of aliphatic hydroxyl groups is 1. The first-order chi connectivity index (χ1) is 17.7. The van der Waals surface area contributed by atoms with Gasteiger partial charge in [-0.3, -0.25) is 19.7 Å². The average molecular weight is 521 g/mol. The zero-order chi connectivity index (χ0) is 28.0. The maximum Gasteiger partial charge on any atom is 0.269 e. The summed E-state index contributed by atoms with van der Waals surface area (Å²) in [5.74, 6) is -1.45. The van der Waals surface area contributed by atoms with Gasteiger partial charge in [-0.15, -0.1) is 0 Å². The van der Waals surface area contributed by atoms with Crippen molar-refractivity contribution in [3.05, 3.63) is 76.9 Å². The molecule has 4 atom stereocenters. The van der Waals surface area contributed by atoms with Crippen molar-refractivity contribution >= 4 is 28.9 Å². The van der Waals surface area contributed by atoms with E-state index in [0.29, 0.717) is 11.4 Å². The van der Waals surface area contributed by atoms with E-state index in [9.17, 15) is 24.8 Å².